The van der Waals surface area contributed by atoms with Crippen LogP contribution in [0, 0.1) is 11.3 Å². The van der Waals surface area contributed by atoms with Crippen LogP contribution in [0.3, 0.4) is 0 Å². The first-order valence-corrected chi connectivity index (χ1v) is 4.01. The van der Waals surface area contributed by atoms with Crippen LogP contribution in [-0.4, -0.2) is 19.1 Å². The predicted molar refractivity (Wildman–Crippen MR) is 39.8 cm³/mol. The number of carbonyl (C=O) groups excluding carboxylic acids is 1. The maximum absolute atomic E-state index is 11.0. The lowest BCUT2D eigenvalue weighted by molar-refractivity contribution is -0.143. The van der Waals surface area contributed by atoms with E-state index >= 15 is 0 Å². The molecule has 2 rings (SSSR count). The van der Waals surface area contributed by atoms with E-state index in [9.17, 15) is 4.79 Å². The van der Waals surface area contributed by atoms with E-state index in [1.165, 1.54) is 7.11 Å². The Labute approximate surface area is 65.9 Å². The Morgan fingerprint density at radius 2 is 2.18 bits per heavy atom. The summed E-state index contributed by atoms with van der Waals surface area (Å²) in [5, 5.41) is 0. The molecule has 0 aliphatic heterocycles. The number of carbonyl (C=O) groups is 1. The molecule has 0 aromatic carbocycles. The second kappa shape index (κ2) is 1.97. The van der Waals surface area contributed by atoms with Crippen LogP contribution >= 0.6 is 0 Å². The maximum Gasteiger partial charge on any atom is 0.309 e. The van der Waals surface area contributed by atoms with Crippen molar-refractivity contribution >= 4 is 5.97 Å². The summed E-state index contributed by atoms with van der Waals surface area (Å²) < 4.78 is 4.66. The molecule has 0 heterocycles. The standard InChI is InChI=1S/C8H13NO2/c1-11-7(10)6-4-8(6)2-5(9)3-8/h5-6H,2-4,9H2,1H3. The Bertz CT molecular complexity index is 196. The molecule has 1 atom stereocenters. The lowest BCUT2D eigenvalue weighted by Crippen LogP contribution is -2.39. The van der Waals surface area contributed by atoms with Gasteiger partial charge in [-0.25, -0.2) is 0 Å². The first kappa shape index (κ1) is 7.10. The number of ether oxygens (including phenoxy) is 1. The van der Waals surface area contributed by atoms with E-state index in [4.69, 9.17) is 5.73 Å². The average Bonchev–Trinajstić information content (AvgIpc) is 2.61. The Balaban J connectivity index is 1.91. The van der Waals surface area contributed by atoms with E-state index < -0.39 is 0 Å². The smallest absolute Gasteiger partial charge is 0.309 e. The fourth-order valence-electron chi connectivity index (χ4n) is 2.26. The van der Waals surface area contributed by atoms with Gasteiger partial charge in [-0.15, -0.1) is 0 Å². The lowest BCUT2D eigenvalue weighted by Gasteiger charge is -2.33. The van der Waals surface area contributed by atoms with Gasteiger partial charge in [0.05, 0.1) is 13.0 Å². The summed E-state index contributed by atoms with van der Waals surface area (Å²) in [6.45, 7) is 0. The summed E-state index contributed by atoms with van der Waals surface area (Å²) in [7, 11) is 1.45. The van der Waals surface area contributed by atoms with Crippen LogP contribution < -0.4 is 5.73 Å². The van der Waals surface area contributed by atoms with Crippen molar-refractivity contribution in [3.05, 3.63) is 0 Å². The molecule has 1 spiro atoms. The summed E-state index contributed by atoms with van der Waals surface area (Å²) in [5.74, 6) is 0.129. The zero-order valence-electron chi connectivity index (χ0n) is 6.67. The summed E-state index contributed by atoms with van der Waals surface area (Å²) in [5.41, 5.74) is 5.93. The molecule has 0 aromatic heterocycles. The summed E-state index contributed by atoms with van der Waals surface area (Å²) in [6, 6.07) is 0.338. The van der Waals surface area contributed by atoms with Crippen LogP contribution in [0.4, 0.5) is 0 Å². The van der Waals surface area contributed by atoms with Crippen molar-refractivity contribution in [2.45, 2.75) is 25.3 Å². The average molecular weight is 155 g/mol. The van der Waals surface area contributed by atoms with Gasteiger partial charge in [-0.2, -0.15) is 0 Å². The Hall–Kier alpha value is -0.570. The molecule has 0 radical (unpaired) electrons. The highest BCUT2D eigenvalue weighted by Gasteiger charge is 2.64. The van der Waals surface area contributed by atoms with Gasteiger partial charge in [0, 0.05) is 6.04 Å². The molecule has 2 aliphatic carbocycles. The largest absolute Gasteiger partial charge is 0.469 e. The number of hydrogen-bond donors (Lipinski definition) is 1. The van der Waals surface area contributed by atoms with Crippen molar-refractivity contribution in [2.75, 3.05) is 7.11 Å². The maximum atomic E-state index is 11.0. The number of rotatable bonds is 1. The number of hydrogen-bond acceptors (Lipinski definition) is 3. The summed E-state index contributed by atoms with van der Waals surface area (Å²) >= 11 is 0. The number of methoxy groups -OCH3 is 1. The Kier molecular flexibility index (Phi) is 1.27. The number of esters is 1. The van der Waals surface area contributed by atoms with Gasteiger partial charge < -0.3 is 10.5 Å². The zero-order chi connectivity index (χ0) is 8.06. The van der Waals surface area contributed by atoms with Gasteiger partial charge in [0.1, 0.15) is 0 Å². The highest BCUT2D eigenvalue weighted by Crippen LogP contribution is 2.65. The van der Waals surface area contributed by atoms with Gasteiger partial charge in [0.25, 0.3) is 0 Å². The summed E-state index contributed by atoms with van der Waals surface area (Å²) in [4.78, 5) is 11.0. The quantitative estimate of drug-likeness (QED) is 0.553. The molecule has 2 saturated carbocycles. The van der Waals surface area contributed by atoms with Crippen LogP contribution in [0.15, 0.2) is 0 Å². The molecule has 0 bridgehead atoms. The minimum Gasteiger partial charge on any atom is -0.469 e. The van der Waals surface area contributed by atoms with E-state index in [1.807, 2.05) is 0 Å². The van der Waals surface area contributed by atoms with Gasteiger partial charge in [0.2, 0.25) is 0 Å². The Morgan fingerprint density at radius 1 is 1.55 bits per heavy atom. The fraction of sp³-hybridized carbons (Fsp3) is 0.875. The van der Waals surface area contributed by atoms with Gasteiger partial charge in [-0.05, 0) is 24.7 Å². The first-order chi connectivity index (χ1) is 5.18. The highest BCUT2D eigenvalue weighted by molar-refractivity contribution is 5.77. The van der Waals surface area contributed by atoms with Crippen molar-refractivity contribution < 1.29 is 9.53 Å². The van der Waals surface area contributed by atoms with Crippen molar-refractivity contribution in [1.29, 1.82) is 0 Å². The molecule has 0 aromatic rings. The van der Waals surface area contributed by atoms with Crippen molar-refractivity contribution in [3.8, 4) is 0 Å². The third-order valence-corrected chi connectivity index (χ3v) is 3.01. The molecule has 3 nitrogen and oxygen atoms in total. The van der Waals surface area contributed by atoms with Crippen LogP contribution in [0.2, 0.25) is 0 Å². The molecule has 11 heavy (non-hydrogen) atoms. The van der Waals surface area contributed by atoms with Gasteiger partial charge in [-0.1, -0.05) is 0 Å². The molecular formula is C8H13NO2. The third-order valence-electron chi connectivity index (χ3n) is 3.01. The van der Waals surface area contributed by atoms with Crippen LogP contribution in [0.25, 0.3) is 0 Å². The topological polar surface area (TPSA) is 52.3 Å². The zero-order valence-corrected chi connectivity index (χ0v) is 6.67. The highest BCUT2D eigenvalue weighted by atomic mass is 16.5. The monoisotopic (exact) mass is 155 g/mol. The van der Waals surface area contributed by atoms with Gasteiger partial charge >= 0.3 is 5.97 Å². The number of nitrogens with two attached hydrogens (primary N) is 1. The van der Waals surface area contributed by atoms with Crippen molar-refractivity contribution in [3.63, 3.8) is 0 Å². The molecule has 0 saturated heterocycles. The van der Waals surface area contributed by atoms with E-state index in [1.54, 1.807) is 0 Å². The molecule has 2 fully saturated rings. The second-order valence-corrected chi connectivity index (χ2v) is 3.81. The third kappa shape index (κ3) is 0.872. The van der Waals surface area contributed by atoms with Crippen LogP contribution in [0.1, 0.15) is 19.3 Å². The molecule has 0 amide bonds. The molecular weight excluding hydrogens is 142 g/mol. The van der Waals surface area contributed by atoms with Crippen LogP contribution in [0.5, 0.6) is 0 Å². The van der Waals surface area contributed by atoms with E-state index in [0.717, 1.165) is 19.3 Å². The summed E-state index contributed by atoms with van der Waals surface area (Å²) in [6.07, 6.45) is 3.05. The first-order valence-electron chi connectivity index (χ1n) is 4.01. The van der Waals surface area contributed by atoms with Crippen LogP contribution in [-0.2, 0) is 9.53 Å². The van der Waals surface area contributed by atoms with E-state index in [2.05, 4.69) is 4.74 Å². The van der Waals surface area contributed by atoms with E-state index in [0.29, 0.717) is 6.04 Å². The van der Waals surface area contributed by atoms with Gasteiger partial charge in [-0.3, -0.25) is 4.79 Å². The van der Waals surface area contributed by atoms with Crippen molar-refractivity contribution in [2.24, 2.45) is 17.1 Å². The molecule has 1 unspecified atom stereocenters. The Morgan fingerprint density at radius 3 is 2.64 bits per heavy atom. The minimum atomic E-state index is -0.0445. The SMILES string of the molecule is COC(=O)C1CC12CC(N)C2. The fourth-order valence-corrected chi connectivity index (χ4v) is 2.26. The predicted octanol–water partition coefficient (Wildman–Crippen LogP) is 0.287. The second-order valence-electron chi connectivity index (χ2n) is 3.81. The van der Waals surface area contributed by atoms with Gasteiger partial charge in [0.15, 0.2) is 0 Å². The van der Waals surface area contributed by atoms with Crippen molar-refractivity contribution in [1.82, 2.24) is 0 Å². The molecule has 3 heteroatoms. The molecule has 2 N–H and O–H groups in total. The molecule has 62 valence electrons. The lowest BCUT2D eigenvalue weighted by atomic mass is 9.76. The van der Waals surface area contributed by atoms with E-state index in [-0.39, 0.29) is 17.3 Å². The minimum absolute atomic E-state index is 0.0445. The molecule has 2 aliphatic rings. The normalized spacial score (nSPS) is 46.7.